The molecule has 0 radical (unpaired) electrons. The van der Waals surface area contributed by atoms with Gasteiger partial charge in [0.15, 0.2) is 17.6 Å². The lowest BCUT2D eigenvalue weighted by molar-refractivity contribution is 0.0725. The van der Waals surface area contributed by atoms with Gasteiger partial charge in [0.25, 0.3) is 5.91 Å². The van der Waals surface area contributed by atoms with E-state index in [1.54, 1.807) is 42.9 Å². The fraction of sp³-hybridized carbons (Fsp3) is 0.217. The lowest BCUT2D eigenvalue weighted by atomic mass is 10.2. The van der Waals surface area contributed by atoms with Crippen LogP contribution in [0.15, 0.2) is 59.4 Å². The van der Waals surface area contributed by atoms with Crippen molar-refractivity contribution < 1.29 is 18.8 Å². The molecule has 1 unspecified atom stereocenters. The summed E-state index contributed by atoms with van der Waals surface area (Å²) in [5.74, 6) is 1.04. The van der Waals surface area contributed by atoms with Crippen molar-refractivity contribution in [3.05, 3.63) is 66.2 Å². The predicted octanol–water partition coefficient (Wildman–Crippen LogP) is 2.81. The second kappa shape index (κ2) is 9.24. The highest BCUT2D eigenvalue weighted by molar-refractivity contribution is 5.97. The van der Waals surface area contributed by atoms with Gasteiger partial charge in [-0.05, 0) is 25.1 Å². The van der Waals surface area contributed by atoms with E-state index < -0.39 is 6.23 Å². The Morgan fingerprint density at radius 2 is 2.03 bits per heavy atom. The molecule has 172 valence electrons. The Balaban J connectivity index is 1.55. The molecule has 0 saturated carbocycles. The summed E-state index contributed by atoms with van der Waals surface area (Å²) in [5.41, 5.74) is 1.47. The molecule has 1 amide bonds. The number of nitrogens with zero attached hydrogens (tertiary/aromatic N) is 6. The number of methoxy groups -OCH3 is 1. The van der Waals surface area contributed by atoms with Crippen LogP contribution in [-0.2, 0) is 4.74 Å². The van der Waals surface area contributed by atoms with E-state index in [0.29, 0.717) is 47.4 Å². The van der Waals surface area contributed by atoms with Crippen molar-refractivity contribution in [3.63, 3.8) is 0 Å². The SMILES string of the molecule is COCCC(NC(=O)c1cccnc1)Oc1nn2c(-c3cc(C)on3)nnc2c2ccccc12. The van der Waals surface area contributed by atoms with Crippen LogP contribution in [0.3, 0.4) is 0 Å². The molecule has 0 bridgehead atoms. The van der Waals surface area contributed by atoms with Crippen molar-refractivity contribution in [2.75, 3.05) is 13.7 Å². The van der Waals surface area contributed by atoms with Gasteiger partial charge in [-0.25, -0.2) is 0 Å². The smallest absolute Gasteiger partial charge is 0.255 e. The van der Waals surface area contributed by atoms with Crippen LogP contribution < -0.4 is 10.1 Å². The number of rotatable bonds is 8. The van der Waals surface area contributed by atoms with E-state index in [4.69, 9.17) is 14.0 Å². The highest BCUT2D eigenvalue weighted by Crippen LogP contribution is 2.29. The molecule has 4 aromatic heterocycles. The van der Waals surface area contributed by atoms with Crippen LogP contribution in [0.1, 0.15) is 22.5 Å². The summed E-state index contributed by atoms with van der Waals surface area (Å²) in [6, 6.07) is 12.7. The molecule has 0 aliphatic heterocycles. The molecular formula is C23H21N7O4. The van der Waals surface area contributed by atoms with E-state index in [-0.39, 0.29) is 5.91 Å². The Morgan fingerprint density at radius 3 is 2.76 bits per heavy atom. The molecule has 0 aliphatic carbocycles. The summed E-state index contributed by atoms with van der Waals surface area (Å²) in [4.78, 5) is 16.7. The molecule has 0 spiro atoms. The molecule has 0 saturated heterocycles. The molecular weight excluding hydrogens is 438 g/mol. The van der Waals surface area contributed by atoms with E-state index in [9.17, 15) is 4.79 Å². The minimum atomic E-state index is -0.713. The molecule has 1 aromatic carbocycles. The first kappa shape index (κ1) is 21.5. The van der Waals surface area contributed by atoms with Gasteiger partial charge in [-0.3, -0.25) is 9.78 Å². The first-order chi connectivity index (χ1) is 16.6. The summed E-state index contributed by atoms with van der Waals surface area (Å²) >= 11 is 0. The Labute approximate surface area is 193 Å². The lowest BCUT2D eigenvalue weighted by Crippen LogP contribution is -2.40. The molecule has 11 heteroatoms. The third kappa shape index (κ3) is 4.16. The van der Waals surface area contributed by atoms with Crippen LogP contribution in [-0.4, -0.2) is 55.8 Å². The van der Waals surface area contributed by atoms with E-state index in [2.05, 4.69) is 30.8 Å². The average Bonchev–Trinajstić information content (AvgIpc) is 3.49. The number of hydrogen-bond acceptors (Lipinski definition) is 9. The number of carbonyl (C=O) groups is 1. The monoisotopic (exact) mass is 459 g/mol. The summed E-state index contributed by atoms with van der Waals surface area (Å²) in [7, 11) is 1.59. The first-order valence-electron chi connectivity index (χ1n) is 10.6. The predicted molar refractivity (Wildman–Crippen MR) is 121 cm³/mol. The van der Waals surface area contributed by atoms with Crippen molar-refractivity contribution in [2.45, 2.75) is 19.6 Å². The van der Waals surface area contributed by atoms with Gasteiger partial charge in [0.05, 0.1) is 12.2 Å². The third-order valence-electron chi connectivity index (χ3n) is 5.14. The zero-order chi connectivity index (χ0) is 23.5. The maximum absolute atomic E-state index is 12.7. The molecule has 5 aromatic rings. The molecule has 4 heterocycles. The number of hydrogen-bond donors (Lipinski definition) is 1. The quantitative estimate of drug-likeness (QED) is 0.348. The van der Waals surface area contributed by atoms with E-state index >= 15 is 0 Å². The Kier molecular flexibility index (Phi) is 5.83. The Hall–Kier alpha value is -4.38. The van der Waals surface area contributed by atoms with Gasteiger partial charge >= 0.3 is 0 Å². The number of fused-ring (bicyclic) bond motifs is 3. The van der Waals surface area contributed by atoms with Crippen molar-refractivity contribution >= 4 is 22.3 Å². The molecule has 1 atom stereocenters. The second-order valence-corrected chi connectivity index (χ2v) is 7.54. The van der Waals surface area contributed by atoms with Crippen LogP contribution in [0.5, 0.6) is 5.88 Å². The standard InChI is InChI=1S/C23H21N7O4/c1-14-12-18(29-34-14)21-27-26-20-16-7-3-4-8-17(16)23(28-30(20)21)33-19(9-11-32-2)25-22(31)15-6-5-10-24-13-15/h3-8,10,12-13,19H,9,11H2,1-2H3,(H,25,31). The second-order valence-electron chi connectivity index (χ2n) is 7.54. The van der Waals surface area contributed by atoms with Gasteiger partial charge < -0.3 is 19.3 Å². The lowest BCUT2D eigenvalue weighted by Gasteiger charge is -2.20. The number of benzene rings is 1. The largest absolute Gasteiger partial charge is 0.452 e. The summed E-state index contributed by atoms with van der Waals surface area (Å²) in [6.45, 7) is 2.16. The third-order valence-corrected chi connectivity index (χ3v) is 5.14. The number of pyridine rings is 1. The van der Waals surface area contributed by atoms with Crippen molar-refractivity contribution in [2.24, 2.45) is 0 Å². The minimum Gasteiger partial charge on any atom is -0.452 e. The molecule has 5 rings (SSSR count). The van der Waals surface area contributed by atoms with E-state index in [1.165, 1.54) is 6.20 Å². The molecule has 0 fully saturated rings. The zero-order valence-electron chi connectivity index (χ0n) is 18.5. The average molecular weight is 459 g/mol. The summed E-state index contributed by atoms with van der Waals surface area (Å²) in [5, 5.41) is 21.7. The zero-order valence-corrected chi connectivity index (χ0v) is 18.5. The van der Waals surface area contributed by atoms with Gasteiger partial charge in [0.1, 0.15) is 5.76 Å². The normalized spacial score (nSPS) is 12.2. The number of aromatic nitrogens is 6. The first-order valence-corrected chi connectivity index (χ1v) is 10.6. The molecule has 1 N–H and O–H groups in total. The van der Waals surface area contributed by atoms with Gasteiger partial charge in [0, 0.05) is 42.8 Å². The van der Waals surface area contributed by atoms with Crippen molar-refractivity contribution in [3.8, 4) is 17.4 Å². The number of amides is 1. The number of nitrogens with one attached hydrogen (secondary N) is 1. The van der Waals surface area contributed by atoms with Gasteiger partial charge in [0.2, 0.25) is 11.7 Å². The molecule has 11 nitrogen and oxygen atoms in total. The Morgan fingerprint density at radius 1 is 1.18 bits per heavy atom. The van der Waals surface area contributed by atoms with Gasteiger partial charge in [-0.1, -0.05) is 23.4 Å². The number of ether oxygens (including phenoxy) is 2. The Bertz CT molecular complexity index is 1450. The maximum Gasteiger partial charge on any atom is 0.255 e. The fourth-order valence-corrected chi connectivity index (χ4v) is 3.52. The summed E-state index contributed by atoms with van der Waals surface area (Å²) < 4.78 is 18.2. The topological polar surface area (TPSA) is 130 Å². The molecule has 34 heavy (non-hydrogen) atoms. The van der Waals surface area contributed by atoms with Gasteiger partial charge in [-0.15, -0.1) is 15.3 Å². The maximum atomic E-state index is 12.7. The number of carbonyl (C=O) groups excluding carboxylic acids is 1. The van der Waals surface area contributed by atoms with E-state index in [1.807, 2.05) is 24.3 Å². The van der Waals surface area contributed by atoms with E-state index in [0.717, 1.165) is 10.8 Å². The van der Waals surface area contributed by atoms with Gasteiger partial charge in [-0.2, -0.15) is 4.52 Å². The van der Waals surface area contributed by atoms with Crippen molar-refractivity contribution in [1.29, 1.82) is 0 Å². The highest BCUT2D eigenvalue weighted by atomic mass is 16.5. The van der Waals surface area contributed by atoms with Crippen LogP contribution in [0, 0.1) is 6.92 Å². The van der Waals surface area contributed by atoms with Crippen LogP contribution in [0.2, 0.25) is 0 Å². The van der Waals surface area contributed by atoms with Crippen molar-refractivity contribution in [1.82, 2.24) is 35.3 Å². The van der Waals surface area contributed by atoms with Crippen LogP contribution in [0.25, 0.3) is 27.9 Å². The fourth-order valence-electron chi connectivity index (χ4n) is 3.52. The minimum absolute atomic E-state index is 0.303. The molecule has 0 aliphatic rings. The van der Waals surface area contributed by atoms with Crippen LogP contribution >= 0.6 is 0 Å². The summed E-state index contributed by atoms with van der Waals surface area (Å²) in [6.07, 6.45) is 2.78. The van der Waals surface area contributed by atoms with Crippen LogP contribution in [0.4, 0.5) is 0 Å². The highest BCUT2D eigenvalue weighted by Gasteiger charge is 2.21. The number of aryl methyl sites for hydroxylation is 1.